The molecule has 0 bridgehead atoms. The van der Waals surface area contributed by atoms with Crippen LogP contribution < -0.4 is 0 Å². The molecule has 0 aromatic carbocycles. The molecule has 0 aliphatic carbocycles. The van der Waals surface area contributed by atoms with Gasteiger partial charge in [0.15, 0.2) is 0 Å². The van der Waals surface area contributed by atoms with Crippen molar-refractivity contribution in [2.75, 3.05) is 0 Å². The van der Waals surface area contributed by atoms with Crippen molar-refractivity contribution in [3.63, 3.8) is 0 Å². The molecule has 0 amide bonds. The van der Waals surface area contributed by atoms with Gasteiger partial charge in [0, 0.05) is 0 Å². The van der Waals surface area contributed by atoms with Gasteiger partial charge in [0.1, 0.15) is 5.15 Å². The maximum atomic E-state index is 5.65. The summed E-state index contributed by atoms with van der Waals surface area (Å²) >= 11 is 5.65. The van der Waals surface area contributed by atoms with Crippen molar-refractivity contribution >= 4 is 17.7 Å². The van der Waals surface area contributed by atoms with Gasteiger partial charge in [-0.2, -0.15) is 0 Å². The predicted octanol–water partition coefficient (Wildman–Crippen LogP) is 2.10. The number of nitrogens with one attached hydrogen (secondary N) is 1. The minimum Gasteiger partial charge on any atom is -0.335 e. The lowest BCUT2D eigenvalue weighted by Crippen LogP contribution is -1.68. The summed E-state index contributed by atoms with van der Waals surface area (Å²) in [4.78, 5) is 6.69. The molecule has 0 aliphatic heterocycles. The Labute approximate surface area is 58.6 Å². The first-order valence-electron chi connectivity index (χ1n) is 2.66. The van der Waals surface area contributed by atoms with Crippen LogP contribution in [0.2, 0.25) is 5.15 Å². The molecule has 0 atom stereocenters. The zero-order chi connectivity index (χ0) is 6.69. The monoisotopic (exact) mass is 142 g/mol. The summed E-state index contributed by atoms with van der Waals surface area (Å²) < 4.78 is 0. The number of imidazole rings is 1. The number of halogens is 1. The molecule has 1 aromatic rings. The fourth-order valence-corrected chi connectivity index (χ4v) is 0.724. The van der Waals surface area contributed by atoms with Gasteiger partial charge in [-0.25, -0.2) is 4.98 Å². The number of hydrogen-bond acceptors (Lipinski definition) is 1. The summed E-state index contributed by atoms with van der Waals surface area (Å²) in [5.41, 5.74) is 0.791. The Hall–Kier alpha value is -0.760. The van der Waals surface area contributed by atoms with E-state index < -0.39 is 0 Å². The molecule has 1 rings (SSSR count). The van der Waals surface area contributed by atoms with Crippen LogP contribution in [0, 0.1) is 0 Å². The highest BCUT2D eigenvalue weighted by Crippen LogP contribution is 2.10. The van der Waals surface area contributed by atoms with Gasteiger partial charge in [-0.3, -0.25) is 0 Å². The van der Waals surface area contributed by atoms with E-state index in [9.17, 15) is 0 Å². The van der Waals surface area contributed by atoms with E-state index in [1.165, 1.54) is 0 Å². The van der Waals surface area contributed by atoms with Gasteiger partial charge in [0.25, 0.3) is 0 Å². The second kappa shape index (κ2) is 2.69. The molecule has 0 saturated carbocycles. The van der Waals surface area contributed by atoms with E-state index in [0.717, 1.165) is 5.69 Å². The molecule has 1 N–H and O–H groups in total. The number of hydrogen-bond donors (Lipinski definition) is 1. The van der Waals surface area contributed by atoms with Gasteiger partial charge in [0.05, 0.1) is 12.0 Å². The largest absolute Gasteiger partial charge is 0.335 e. The standard InChI is InChI=1S/C6H7ClN2/c1-2-3-5-6(7)9-4-8-5/h2-4H,1H3,(H,8,9). The van der Waals surface area contributed by atoms with Crippen LogP contribution >= 0.6 is 11.6 Å². The Morgan fingerprint density at radius 3 is 3.00 bits per heavy atom. The maximum absolute atomic E-state index is 5.65. The van der Waals surface area contributed by atoms with Crippen molar-refractivity contribution in [2.45, 2.75) is 6.92 Å². The van der Waals surface area contributed by atoms with Crippen molar-refractivity contribution in [3.05, 3.63) is 23.3 Å². The highest BCUT2D eigenvalue weighted by Gasteiger charge is 1.94. The van der Waals surface area contributed by atoms with Crippen LogP contribution in [0.1, 0.15) is 12.6 Å². The SMILES string of the molecule is CC=Cc1nc[nH]c1Cl. The third-order valence-electron chi connectivity index (χ3n) is 0.944. The van der Waals surface area contributed by atoms with Crippen LogP contribution in [0.3, 0.4) is 0 Å². The summed E-state index contributed by atoms with van der Waals surface area (Å²) in [5.74, 6) is 0. The van der Waals surface area contributed by atoms with Crippen molar-refractivity contribution in [1.82, 2.24) is 9.97 Å². The van der Waals surface area contributed by atoms with Crippen molar-refractivity contribution < 1.29 is 0 Å². The predicted molar refractivity (Wildman–Crippen MR) is 38.3 cm³/mol. The van der Waals surface area contributed by atoms with Gasteiger partial charge < -0.3 is 4.98 Å². The third-order valence-corrected chi connectivity index (χ3v) is 1.25. The molecular weight excluding hydrogens is 136 g/mol. The van der Waals surface area contributed by atoms with Crippen molar-refractivity contribution in [2.24, 2.45) is 0 Å². The fourth-order valence-electron chi connectivity index (χ4n) is 0.563. The van der Waals surface area contributed by atoms with Crippen LogP contribution in [0.5, 0.6) is 0 Å². The summed E-state index contributed by atoms with van der Waals surface area (Å²) in [5, 5.41) is 0.591. The van der Waals surface area contributed by atoms with E-state index >= 15 is 0 Å². The first-order valence-corrected chi connectivity index (χ1v) is 3.04. The van der Waals surface area contributed by atoms with Crippen molar-refractivity contribution in [3.8, 4) is 0 Å². The van der Waals surface area contributed by atoms with E-state index in [2.05, 4.69) is 9.97 Å². The zero-order valence-electron chi connectivity index (χ0n) is 5.06. The van der Waals surface area contributed by atoms with Gasteiger partial charge in [0.2, 0.25) is 0 Å². The van der Waals surface area contributed by atoms with Crippen LogP contribution in [-0.4, -0.2) is 9.97 Å². The first kappa shape index (κ1) is 6.36. The molecule has 1 heterocycles. The summed E-state index contributed by atoms with van der Waals surface area (Å²) in [6.45, 7) is 1.92. The molecule has 0 spiro atoms. The molecule has 1 aromatic heterocycles. The first-order chi connectivity index (χ1) is 4.34. The lowest BCUT2D eigenvalue weighted by Gasteiger charge is -1.80. The van der Waals surface area contributed by atoms with Gasteiger partial charge in [-0.05, 0) is 13.0 Å². The molecule has 9 heavy (non-hydrogen) atoms. The lowest BCUT2D eigenvalue weighted by molar-refractivity contribution is 1.31. The average molecular weight is 143 g/mol. The Kier molecular flexibility index (Phi) is 1.90. The number of rotatable bonds is 1. The minimum absolute atomic E-state index is 0.591. The topological polar surface area (TPSA) is 28.7 Å². The van der Waals surface area contributed by atoms with E-state index in [4.69, 9.17) is 11.6 Å². The van der Waals surface area contributed by atoms with Crippen molar-refractivity contribution in [1.29, 1.82) is 0 Å². The van der Waals surface area contributed by atoms with E-state index in [-0.39, 0.29) is 0 Å². The third kappa shape index (κ3) is 1.33. The molecule has 0 saturated heterocycles. The highest BCUT2D eigenvalue weighted by atomic mass is 35.5. The molecule has 0 aliphatic rings. The Balaban J connectivity index is 2.94. The molecular formula is C6H7ClN2. The molecule has 48 valence electrons. The number of H-pyrrole nitrogens is 1. The molecule has 3 heteroatoms. The van der Waals surface area contributed by atoms with Crippen LogP contribution in [0.15, 0.2) is 12.4 Å². The van der Waals surface area contributed by atoms with Gasteiger partial charge >= 0.3 is 0 Å². The normalized spacial score (nSPS) is 10.9. The van der Waals surface area contributed by atoms with E-state index in [1.807, 2.05) is 19.1 Å². The van der Waals surface area contributed by atoms with Crippen LogP contribution in [0.4, 0.5) is 0 Å². The van der Waals surface area contributed by atoms with Crippen LogP contribution in [0.25, 0.3) is 6.08 Å². The van der Waals surface area contributed by atoms with Crippen LogP contribution in [-0.2, 0) is 0 Å². The second-order valence-corrected chi connectivity index (χ2v) is 1.98. The number of allylic oxidation sites excluding steroid dienone is 1. The maximum Gasteiger partial charge on any atom is 0.133 e. The summed E-state index contributed by atoms with van der Waals surface area (Å²) in [6.07, 6.45) is 5.30. The molecule has 0 radical (unpaired) electrons. The Bertz CT molecular complexity index is 215. The molecule has 0 fully saturated rings. The van der Waals surface area contributed by atoms with E-state index in [0.29, 0.717) is 5.15 Å². The highest BCUT2D eigenvalue weighted by molar-refractivity contribution is 6.30. The zero-order valence-corrected chi connectivity index (χ0v) is 5.81. The smallest absolute Gasteiger partial charge is 0.133 e. The quantitative estimate of drug-likeness (QED) is 0.639. The Morgan fingerprint density at radius 2 is 2.56 bits per heavy atom. The Morgan fingerprint density at radius 1 is 1.78 bits per heavy atom. The molecule has 2 nitrogen and oxygen atoms in total. The summed E-state index contributed by atoms with van der Waals surface area (Å²) in [6, 6.07) is 0. The van der Waals surface area contributed by atoms with E-state index in [1.54, 1.807) is 6.33 Å². The second-order valence-electron chi connectivity index (χ2n) is 1.60. The molecule has 0 unspecified atom stereocenters. The average Bonchev–Trinajstić information content (AvgIpc) is 2.18. The fraction of sp³-hybridized carbons (Fsp3) is 0.167. The lowest BCUT2D eigenvalue weighted by atomic mass is 10.4. The van der Waals surface area contributed by atoms with Gasteiger partial charge in [-0.1, -0.05) is 17.7 Å². The number of aromatic amines is 1. The number of aromatic nitrogens is 2. The number of nitrogens with zero attached hydrogens (tertiary/aromatic N) is 1. The van der Waals surface area contributed by atoms with Gasteiger partial charge in [-0.15, -0.1) is 0 Å². The minimum atomic E-state index is 0.591. The summed E-state index contributed by atoms with van der Waals surface area (Å²) in [7, 11) is 0.